The van der Waals surface area contributed by atoms with E-state index in [4.69, 9.17) is 0 Å². The van der Waals surface area contributed by atoms with Gasteiger partial charge in [-0.3, -0.25) is 14.6 Å². The van der Waals surface area contributed by atoms with Gasteiger partial charge in [0, 0.05) is 55.9 Å². The smallest absolute Gasteiger partial charge is 0.253 e. The van der Waals surface area contributed by atoms with Crippen LogP contribution in [0.15, 0.2) is 30.3 Å². The summed E-state index contributed by atoms with van der Waals surface area (Å²) in [7, 11) is 0. The van der Waals surface area contributed by atoms with Crippen molar-refractivity contribution in [2.24, 2.45) is 0 Å². The maximum Gasteiger partial charge on any atom is 0.253 e. The minimum Gasteiger partial charge on any atom is -0.335 e. The first-order valence-corrected chi connectivity index (χ1v) is 8.73. The van der Waals surface area contributed by atoms with Gasteiger partial charge in [0.05, 0.1) is 0 Å². The second-order valence-corrected chi connectivity index (χ2v) is 7.80. The fraction of sp³-hybridized carbons (Fsp3) is 0.632. The van der Waals surface area contributed by atoms with Gasteiger partial charge >= 0.3 is 0 Å². The highest BCUT2D eigenvalue weighted by Crippen LogP contribution is 2.29. The van der Waals surface area contributed by atoms with Gasteiger partial charge in [0.2, 0.25) is 0 Å². The minimum atomic E-state index is 0.0381. The molecule has 0 bridgehead atoms. The number of benzene rings is 1. The number of amides is 1. The van der Waals surface area contributed by atoms with Crippen molar-refractivity contribution in [2.45, 2.75) is 45.3 Å². The number of carbonyl (C=O) groups excluding carboxylic acids is 1. The molecule has 0 aliphatic carbocycles. The summed E-state index contributed by atoms with van der Waals surface area (Å²) in [5.41, 5.74) is 0.837. The molecule has 0 spiro atoms. The summed E-state index contributed by atoms with van der Waals surface area (Å²) in [6.45, 7) is 14.0. The van der Waals surface area contributed by atoms with E-state index in [0.29, 0.717) is 12.1 Å². The molecule has 4 nitrogen and oxygen atoms in total. The van der Waals surface area contributed by atoms with Crippen LogP contribution in [-0.4, -0.2) is 71.0 Å². The summed E-state index contributed by atoms with van der Waals surface area (Å²) in [5.74, 6) is 0.167. The van der Waals surface area contributed by atoms with Gasteiger partial charge in [0.1, 0.15) is 0 Å². The molecular formula is C19H29N3O. The Kier molecular flexibility index (Phi) is 4.47. The Morgan fingerprint density at radius 3 is 2.48 bits per heavy atom. The zero-order chi connectivity index (χ0) is 16.6. The van der Waals surface area contributed by atoms with Crippen molar-refractivity contribution < 1.29 is 4.79 Å². The first kappa shape index (κ1) is 16.5. The van der Waals surface area contributed by atoms with Crippen LogP contribution in [0.3, 0.4) is 0 Å². The van der Waals surface area contributed by atoms with Crippen molar-refractivity contribution >= 4 is 5.91 Å². The number of rotatable bonds is 2. The quantitative estimate of drug-likeness (QED) is 0.838. The molecule has 1 aromatic rings. The van der Waals surface area contributed by atoms with Gasteiger partial charge in [0.15, 0.2) is 0 Å². The molecule has 0 aromatic heterocycles. The third-order valence-electron chi connectivity index (χ3n) is 5.34. The minimum absolute atomic E-state index is 0.0381. The second kappa shape index (κ2) is 6.25. The van der Waals surface area contributed by atoms with E-state index < -0.39 is 0 Å². The lowest BCUT2D eigenvalue weighted by Gasteiger charge is -2.56. The number of carbonyl (C=O) groups is 1. The third kappa shape index (κ3) is 3.29. The molecule has 3 rings (SSSR count). The number of hydrogen-bond acceptors (Lipinski definition) is 3. The van der Waals surface area contributed by atoms with Crippen molar-refractivity contribution in [1.82, 2.24) is 14.7 Å². The maximum atomic E-state index is 12.9. The van der Waals surface area contributed by atoms with E-state index >= 15 is 0 Å². The van der Waals surface area contributed by atoms with E-state index in [1.54, 1.807) is 0 Å². The molecular weight excluding hydrogens is 286 g/mol. The highest BCUT2D eigenvalue weighted by atomic mass is 16.2. The molecule has 2 aliphatic rings. The summed E-state index contributed by atoms with van der Waals surface area (Å²) >= 11 is 0. The molecule has 1 atom stereocenters. The fourth-order valence-electron chi connectivity index (χ4n) is 4.10. The first-order valence-electron chi connectivity index (χ1n) is 8.73. The molecule has 126 valence electrons. The summed E-state index contributed by atoms with van der Waals surface area (Å²) in [6, 6.07) is 10.7. The van der Waals surface area contributed by atoms with Crippen molar-refractivity contribution in [3.63, 3.8) is 0 Å². The molecule has 2 saturated heterocycles. The molecule has 1 aromatic carbocycles. The summed E-state index contributed by atoms with van der Waals surface area (Å²) in [5, 5.41) is 0. The largest absolute Gasteiger partial charge is 0.335 e. The molecule has 2 heterocycles. The number of hydrogen-bond donors (Lipinski definition) is 0. The summed E-state index contributed by atoms with van der Waals surface area (Å²) < 4.78 is 0. The van der Waals surface area contributed by atoms with Gasteiger partial charge in [-0.25, -0.2) is 0 Å². The Hall–Kier alpha value is -1.39. The standard InChI is InChI=1S/C19H29N3O/c1-15(2)20-10-11-22-17(12-20)13-21(14-19(22,3)4)18(23)16-8-6-5-7-9-16/h5-9,15,17H,10-14H2,1-4H3. The zero-order valence-corrected chi connectivity index (χ0v) is 14.8. The molecule has 2 aliphatic heterocycles. The van der Waals surface area contributed by atoms with Gasteiger partial charge in [0.25, 0.3) is 5.91 Å². The van der Waals surface area contributed by atoms with Crippen LogP contribution in [0.4, 0.5) is 0 Å². The Balaban J connectivity index is 1.78. The Bertz CT molecular complexity index is 555. The lowest BCUT2D eigenvalue weighted by molar-refractivity contribution is -0.0616. The maximum absolute atomic E-state index is 12.9. The molecule has 2 fully saturated rings. The summed E-state index contributed by atoms with van der Waals surface area (Å²) in [4.78, 5) is 20.1. The van der Waals surface area contributed by atoms with Crippen molar-refractivity contribution in [3.8, 4) is 0 Å². The van der Waals surface area contributed by atoms with Gasteiger partial charge in [-0.1, -0.05) is 18.2 Å². The second-order valence-electron chi connectivity index (χ2n) is 7.80. The van der Waals surface area contributed by atoms with E-state index in [0.717, 1.165) is 38.3 Å². The van der Waals surface area contributed by atoms with E-state index in [1.807, 2.05) is 30.3 Å². The van der Waals surface area contributed by atoms with E-state index in [1.165, 1.54) is 0 Å². The molecule has 1 unspecified atom stereocenters. The average molecular weight is 315 g/mol. The highest BCUT2D eigenvalue weighted by Gasteiger charge is 2.44. The lowest BCUT2D eigenvalue weighted by Crippen LogP contribution is -2.70. The lowest BCUT2D eigenvalue weighted by atomic mass is 9.92. The molecule has 1 amide bonds. The monoisotopic (exact) mass is 315 g/mol. The van der Waals surface area contributed by atoms with Crippen LogP contribution in [0, 0.1) is 0 Å². The van der Waals surface area contributed by atoms with Crippen LogP contribution in [0.5, 0.6) is 0 Å². The van der Waals surface area contributed by atoms with Crippen LogP contribution >= 0.6 is 0 Å². The van der Waals surface area contributed by atoms with Gasteiger partial charge in [-0.15, -0.1) is 0 Å². The Morgan fingerprint density at radius 1 is 1.13 bits per heavy atom. The van der Waals surface area contributed by atoms with Gasteiger partial charge in [-0.05, 0) is 39.8 Å². The van der Waals surface area contributed by atoms with Crippen LogP contribution in [-0.2, 0) is 0 Å². The number of nitrogens with zero attached hydrogens (tertiary/aromatic N) is 3. The fourth-order valence-corrected chi connectivity index (χ4v) is 4.10. The van der Waals surface area contributed by atoms with Crippen LogP contribution < -0.4 is 0 Å². The number of piperazine rings is 2. The Labute approximate surface area is 140 Å². The predicted octanol–water partition coefficient (Wildman–Crippen LogP) is 2.32. The van der Waals surface area contributed by atoms with E-state index in [2.05, 4.69) is 42.4 Å². The molecule has 4 heteroatoms. The van der Waals surface area contributed by atoms with Crippen LogP contribution in [0.25, 0.3) is 0 Å². The van der Waals surface area contributed by atoms with Crippen molar-refractivity contribution in [3.05, 3.63) is 35.9 Å². The van der Waals surface area contributed by atoms with E-state index in [-0.39, 0.29) is 11.4 Å². The van der Waals surface area contributed by atoms with Crippen molar-refractivity contribution in [1.29, 1.82) is 0 Å². The molecule has 0 radical (unpaired) electrons. The summed E-state index contributed by atoms with van der Waals surface area (Å²) in [6.07, 6.45) is 0. The third-order valence-corrected chi connectivity index (χ3v) is 5.34. The zero-order valence-electron chi connectivity index (χ0n) is 14.8. The number of fused-ring (bicyclic) bond motifs is 1. The first-order chi connectivity index (χ1) is 10.9. The van der Waals surface area contributed by atoms with Crippen LogP contribution in [0.2, 0.25) is 0 Å². The van der Waals surface area contributed by atoms with Crippen LogP contribution in [0.1, 0.15) is 38.1 Å². The molecule has 23 heavy (non-hydrogen) atoms. The highest BCUT2D eigenvalue weighted by molar-refractivity contribution is 5.94. The molecule has 0 N–H and O–H groups in total. The Morgan fingerprint density at radius 2 is 1.83 bits per heavy atom. The average Bonchev–Trinajstić information content (AvgIpc) is 2.53. The predicted molar refractivity (Wildman–Crippen MR) is 93.6 cm³/mol. The van der Waals surface area contributed by atoms with Gasteiger partial charge in [-0.2, -0.15) is 0 Å². The van der Waals surface area contributed by atoms with E-state index in [9.17, 15) is 4.79 Å². The van der Waals surface area contributed by atoms with Crippen molar-refractivity contribution in [2.75, 3.05) is 32.7 Å². The van der Waals surface area contributed by atoms with Gasteiger partial charge < -0.3 is 4.90 Å². The SMILES string of the molecule is CC(C)N1CCN2C(CN(C(=O)c3ccccc3)CC2(C)C)C1. The topological polar surface area (TPSA) is 26.8 Å². The normalized spacial score (nSPS) is 25.4. The molecule has 0 saturated carbocycles.